The smallest absolute Gasteiger partial charge is 0.253 e. The Labute approximate surface area is 100 Å². The Bertz CT molecular complexity index is 369. The van der Waals surface area contributed by atoms with Crippen molar-refractivity contribution < 1.29 is 4.79 Å². The van der Waals surface area contributed by atoms with Gasteiger partial charge in [0.1, 0.15) is 6.04 Å². The normalized spacial score (nSPS) is 11.8. The van der Waals surface area contributed by atoms with Crippen molar-refractivity contribution in [3.8, 4) is 6.07 Å². The number of halogens is 1. The molecule has 1 rings (SSSR count). The van der Waals surface area contributed by atoms with Crippen LogP contribution in [0.15, 0.2) is 11.4 Å². The van der Waals surface area contributed by atoms with Gasteiger partial charge in [-0.05, 0) is 35.1 Å². The Kier molecular flexibility index (Phi) is 4.35. The van der Waals surface area contributed by atoms with Crippen molar-refractivity contribution in [1.29, 1.82) is 5.26 Å². The summed E-state index contributed by atoms with van der Waals surface area (Å²) in [5.74, 6) is -0.169. The van der Waals surface area contributed by atoms with Gasteiger partial charge in [-0.25, -0.2) is 0 Å². The highest BCUT2D eigenvalue weighted by Crippen LogP contribution is 2.16. The van der Waals surface area contributed by atoms with Crippen LogP contribution in [0, 0.1) is 14.2 Å². The molecule has 74 valence electrons. The predicted octanol–water partition coefficient (Wildman–Crippen LogP) is 2.38. The first-order valence-electron chi connectivity index (χ1n) is 4.12. The molecule has 3 nitrogen and oxygen atoms in total. The Balaban J connectivity index is 2.64. The second kappa shape index (κ2) is 5.32. The molecule has 0 radical (unpaired) electrons. The lowest BCUT2D eigenvalue weighted by Gasteiger charge is -2.07. The van der Waals surface area contributed by atoms with E-state index in [2.05, 4.69) is 27.9 Å². The molecule has 1 atom stereocenters. The second-order valence-corrected chi connectivity index (χ2v) is 5.51. The molecule has 0 fully saturated rings. The maximum atomic E-state index is 11.5. The van der Waals surface area contributed by atoms with Crippen molar-refractivity contribution in [2.45, 2.75) is 19.4 Å². The molecule has 1 aromatic rings. The fraction of sp³-hybridized carbons (Fsp3) is 0.333. The number of carbonyl (C=O) groups excluding carboxylic acids is 1. The van der Waals surface area contributed by atoms with E-state index in [1.807, 2.05) is 19.1 Å². The largest absolute Gasteiger partial charge is 0.336 e. The van der Waals surface area contributed by atoms with Crippen LogP contribution in [0.25, 0.3) is 0 Å². The van der Waals surface area contributed by atoms with Crippen LogP contribution in [-0.4, -0.2) is 11.9 Å². The fourth-order valence-corrected chi connectivity index (χ4v) is 2.22. The van der Waals surface area contributed by atoms with Gasteiger partial charge in [-0.1, -0.05) is 6.92 Å². The van der Waals surface area contributed by atoms with Gasteiger partial charge in [-0.15, -0.1) is 11.3 Å². The van der Waals surface area contributed by atoms with E-state index in [-0.39, 0.29) is 11.9 Å². The quantitative estimate of drug-likeness (QED) is 0.870. The van der Waals surface area contributed by atoms with Crippen LogP contribution in [0.3, 0.4) is 0 Å². The van der Waals surface area contributed by atoms with Gasteiger partial charge in [-0.2, -0.15) is 5.26 Å². The zero-order valence-electron chi connectivity index (χ0n) is 7.58. The number of nitrogens with one attached hydrogen (secondary N) is 1. The third-order valence-electron chi connectivity index (χ3n) is 1.70. The Morgan fingerprint density at radius 1 is 1.86 bits per heavy atom. The van der Waals surface area contributed by atoms with Gasteiger partial charge in [-0.3, -0.25) is 4.79 Å². The monoisotopic (exact) mass is 320 g/mol. The molecule has 14 heavy (non-hydrogen) atoms. The summed E-state index contributed by atoms with van der Waals surface area (Å²) < 4.78 is 1.07. The van der Waals surface area contributed by atoms with Crippen LogP contribution in [0.5, 0.6) is 0 Å². The first-order valence-corrected chi connectivity index (χ1v) is 6.07. The van der Waals surface area contributed by atoms with E-state index in [4.69, 9.17) is 5.26 Å². The van der Waals surface area contributed by atoms with Gasteiger partial charge in [0.15, 0.2) is 0 Å². The number of hydrogen-bond acceptors (Lipinski definition) is 3. The summed E-state index contributed by atoms with van der Waals surface area (Å²) in [5, 5.41) is 13.1. The zero-order valence-corrected chi connectivity index (χ0v) is 10.6. The number of nitrogens with zero attached hydrogens (tertiary/aromatic N) is 1. The lowest BCUT2D eigenvalue weighted by molar-refractivity contribution is 0.0945. The maximum absolute atomic E-state index is 11.5. The van der Waals surface area contributed by atoms with E-state index in [9.17, 15) is 4.79 Å². The standard InChI is InChI=1S/C9H9IN2OS/c1-2-7(4-11)12-9(13)6-3-8(10)14-5-6/h3,5,7H,2H2,1H3,(H,12,13). The van der Waals surface area contributed by atoms with Crippen LogP contribution in [0.1, 0.15) is 23.7 Å². The SMILES string of the molecule is CCC(C#N)NC(=O)c1csc(I)c1. The number of hydrogen-bond donors (Lipinski definition) is 1. The Morgan fingerprint density at radius 2 is 2.57 bits per heavy atom. The minimum Gasteiger partial charge on any atom is -0.336 e. The minimum absolute atomic E-state index is 0.169. The van der Waals surface area contributed by atoms with E-state index in [1.54, 1.807) is 5.38 Å². The van der Waals surface area contributed by atoms with Gasteiger partial charge in [0.05, 0.1) is 14.5 Å². The number of nitriles is 1. The zero-order chi connectivity index (χ0) is 10.6. The van der Waals surface area contributed by atoms with Crippen LogP contribution in [0.4, 0.5) is 0 Å². The average molecular weight is 320 g/mol. The summed E-state index contributed by atoms with van der Waals surface area (Å²) in [7, 11) is 0. The summed E-state index contributed by atoms with van der Waals surface area (Å²) >= 11 is 3.68. The van der Waals surface area contributed by atoms with E-state index >= 15 is 0 Å². The molecule has 1 N–H and O–H groups in total. The molecular formula is C9H9IN2OS. The lowest BCUT2D eigenvalue weighted by atomic mass is 10.2. The summed E-state index contributed by atoms with van der Waals surface area (Å²) in [6, 6.07) is 3.45. The highest BCUT2D eigenvalue weighted by atomic mass is 127. The van der Waals surface area contributed by atoms with Crippen LogP contribution < -0.4 is 5.32 Å². The molecule has 0 aliphatic carbocycles. The van der Waals surface area contributed by atoms with Crippen molar-refractivity contribution in [3.63, 3.8) is 0 Å². The number of thiophene rings is 1. The third kappa shape index (κ3) is 2.96. The van der Waals surface area contributed by atoms with Crippen LogP contribution >= 0.6 is 33.9 Å². The average Bonchev–Trinajstić information content (AvgIpc) is 2.61. The molecule has 0 saturated heterocycles. The summed E-state index contributed by atoms with van der Waals surface area (Å²) in [6.07, 6.45) is 0.628. The number of carbonyl (C=O) groups is 1. The second-order valence-electron chi connectivity index (χ2n) is 2.70. The number of amides is 1. The van der Waals surface area contributed by atoms with Crippen molar-refractivity contribution >= 4 is 39.8 Å². The molecule has 0 aromatic carbocycles. The fourth-order valence-electron chi connectivity index (χ4n) is 0.896. The minimum atomic E-state index is -0.389. The molecule has 0 aliphatic rings. The van der Waals surface area contributed by atoms with E-state index in [0.717, 1.165) is 2.88 Å². The number of rotatable bonds is 3. The predicted molar refractivity (Wildman–Crippen MR) is 64.2 cm³/mol. The van der Waals surface area contributed by atoms with Crippen molar-refractivity contribution in [2.75, 3.05) is 0 Å². The molecule has 1 amide bonds. The maximum Gasteiger partial charge on any atom is 0.253 e. The molecule has 1 heterocycles. The molecule has 1 aromatic heterocycles. The third-order valence-corrected chi connectivity index (χ3v) is 3.49. The first-order chi connectivity index (χ1) is 6.67. The lowest BCUT2D eigenvalue weighted by Crippen LogP contribution is -2.32. The highest BCUT2D eigenvalue weighted by Gasteiger charge is 2.12. The molecule has 1 unspecified atom stereocenters. The topological polar surface area (TPSA) is 52.9 Å². The van der Waals surface area contributed by atoms with Gasteiger partial charge < -0.3 is 5.32 Å². The highest BCUT2D eigenvalue weighted by molar-refractivity contribution is 14.1. The van der Waals surface area contributed by atoms with E-state index in [0.29, 0.717) is 12.0 Å². The van der Waals surface area contributed by atoms with Gasteiger partial charge in [0.2, 0.25) is 0 Å². The van der Waals surface area contributed by atoms with Crippen LogP contribution in [0.2, 0.25) is 0 Å². The van der Waals surface area contributed by atoms with Gasteiger partial charge in [0.25, 0.3) is 5.91 Å². The summed E-state index contributed by atoms with van der Waals surface area (Å²) in [4.78, 5) is 11.5. The van der Waals surface area contributed by atoms with Crippen molar-refractivity contribution in [1.82, 2.24) is 5.32 Å². The molecule has 0 bridgehead atoms. The Morgan fingerprint density at radius 3 is 3.00 bits per heavy atom. The molecule has 0 spiro atoms. The summed E-state index contributed by atoms with van der Waals surface area (Å²) in [5.41, 5.74) is 0.633. The van der Waals surface area contributed by atoms with Crippen molar-refractivity contribution in [2.24, 2.45) is 0 Å². The van der Waals surface area contributed by atoms with Gasteiger partial charge in [0, 0.05) is 5.38 Å². The van der Waals surface area contributed by atoms with Crippen molar-refractivity contribution in [3.05, 3.63) is 19.9 Å². The van der Waals surface area contributed by atoms with E-state index < -0.39 is 0 Å². The molecule has 0 aliphatic heterocycles. The van der Waals surface area contributed by atoms with E-state index in [1.165, 1.54) is 11.3 Å². The van der Waals surface area contributed by atoms with Gasteiger partial charge >= 0.3 is 0 Å². The molecule has 5 heteroatoms. The Hall–Kier alpha value is -0.610. The first kappa shape index (κ1) is 11.5. The molecule has 0 saturated carbocycles. The molecular weight excluding hydrogens is 311 g/mol. The summed E-state index contributed by atoms with van der Waals surface area (Å²) in [6.45, 7) is 1.87. The van der Waals surface area contributed by atoms with Crippen LogP contribution in [-0.2, 0) is 0 Å².